The lowest BCUT2D eigenvalue weighted by Gasteiger charge is -2.32. The Morgan fingerprint density at radius 3 is 2.47 bits per heavy atom. The Bertz CT molecular complexity index is 974. The van der Waals surface area contributed by atoms with Gasteiger partial charge < -0.3 is 25.8 Å². The maximum absolute atomic E-state index is 6.14. The summed E-state index contributed by atoms with van der Waals surface area (Å²) >= 11 is 0. The van der Waals surface area contributed by atoms with Gasteiger partial charge in [-0.1, -0.05) is 39.0 Å². The SMILES string of the molecule is CCCCOCCCCC1CCN(Nc2nc(NC3CCC(N)CC3)nc3c2ncn3C2CCCC2)CC1. The predicted octanol–water partition coefficient (Wildman–Crippen LogP) is 5.65. The molecule has 0 atom stereocenters. The number of nitrogens with two attached hydrogens (primary N) is 1. The minimum atomic E-state index is 0.333. The molecular formula is C29H50N8O. The molecule has 2 saturated carbocycles. The number of nitrogens with zero attached hydrogens (tertiary/aromatic N) is 5. The number of piperidine rings is 1. The molecule has 2 aromatic heterocycles. The molecule has 2 aromatic rings. The number of ether oxygens (including phenoxy) is 1. The van der Waals surface area contributed by atoms with E-state index in [4.69, 9.17) is 25.4 Å². The van der Waals surface area contributed by atoms with Gasteiger partial charge in [-0.3, -0.25) is 0 Å². The van der Waals surface area contributed by atoms with E-state index in [2.05, 4.69) is 27.2 Å². The lowest BCUT2D eigenvalue weighted by atomic mass is 9.92. The van der Waals surface area contributed by atoms with Crippen molar-refractivity contribution < 1.29 is 4.74 Å². The number of anilines is 2. The minimum absolute atomic E-state index is 0.333. The monoisotopic (exact) mass is 526 g/mol. The number of nitrogens with one attached hydrogen (secondary N) is 2. The fourth-order valence-electron chi connectivity index (χ4n) is 6.42. The van der Waals surface area contributed by atoms with Crippen molar-refractivity contribution in [3.8, 4) is 0 Å². The first-order chi connectivity index (χ1) is 18.7. The third-order valence-electron chi connectivity index (χ3n) is 8.92. The van der Waals surface area contributed by atoms with E-state index in [0.29, 0.717) is 18.1 Å². The summed E-state index contributed by atoms with van der Waals surface area (Å²) in [5.74, 6) is 2.37. The summed E-state index contributed by atoms with van der Waals surface area (Å²) in [5.41, 5.74) is 11.6. The smallest absolute Gasteiger partial charge is 0.227 e. The number of fused-ring (bicyclic) bond motifs is 1. The first-order valence-electron chi connectivity index (χ1n) is 15.6. The van der Waals surface area contributed by atoms with E-state index < -0.39 is 0 Å². The van der Waals surface area contributed by atoms with Gasteiger partial charge in [0.2, 0.25) is 5.95 Å². The van der Waals surface area contributed by atoms with Gasteiger partial charge in [-0.25, -0.2) is 9.99 Å². The van der Waals surface area contributed by atoms with Crippen LogP contribution in [0.4, 0.5) is 11.8 Å². The second-order valence-electron chi connectivity index (χ2n) is 11.9. The maximum atomic E-state index is 6.14. The van der Waals surface area contributed by atoms with Crippen LogP contribution >= 0.6 is 0 Å². The molecular weight excluding hydrogens is 476 g/mol. The van der Waals surface area contributed by atoms with Gasteiger partial charge in [0, 0.05) is 44.4 Å². The number of rotatable bonds is 13. The molecule has 3 fully saturated rings. The second-order valence-corrected chi connectivity index (χ2v) is 11.9. The van der Waals surface area contributed by atoms with Gasteiger partial charge >= 0.3 is 0 Å². The standard InChI is InChI=1S/C29H50N8O/c1-2-3-19-38-20-7-6-8-22-15-17-36(18-16-22)35-27-26-28(37(21-31-26)25-9-4-5-10-25)34-29(33-27)32-24-13-11-23(30)12-14-24/h21-25H,2-20,30H2,1H3,(H2,32,33,34,35). The second kappa shape index (κ2) is 13.9. The molecule has 9 nitrogen and oxygen atoms in total. The third-order valence-corrected chi connectivity index (χ3v) is 8.92. The molecule has 38 heavy (non-hydrogen) atoms. The molecule has 3 heterocycles. The van der Waals surface area contributed by atoms with Crippen LogP contribution in [-0.2, 0) is 4.74 Å². The average molecular weight is 527 g/mol. The van der Waals surface area contributed by atoms with E-state index in [1.807, 2.05) is 6.33 Å². The highest BCUT2D eigenvalue weighted by Gasteiger charge is 2.25. The fourth-order valence-corrected chi connectivity index (χ4v) is 6.42. The first-order valence-corrected chi connectivity index (χ1v) is 15.6. The van der Waals surface area contributed by atoms with Gasteiger partial charge in [0.25, 0.3) is 0 Å². The number of hydrogen-bond acceptors (Lipinski definition) is 8. The van der Waals surface area contributed by atoms with Crippen LogP contribution in [0, 0.1) is 5.92 Å². The van der Waals surface area contributed by atoms with E-state index in [-0.39, 0.29) is 0 Å². The number of aromatic nitrogens is 4. The Labute approximate surface area is 228 Å². The normalized spacial score (nSPS) is 23.8. The third kappa shape index (κ3) is 7.36. The Kier molecular flexibility index (Phi) is 10.1. The van der Waals surface area contributed by atoms with Crippen LogP contribution in [0.2, 0.25) is 0 Å². The Morgan fingerprint density at radius 2 is 1.71 bits per heavy atom. The van der Waals surface area contributed by atoms with Gasteiger partial charge in [0.05, 0.1) is 6.33 Å². The van der Waals surface area contributed by atoms with E-state index >= 15 is 0 Å². The summed E-state index contributed by atoms with van der Waals surface area (Å²) in [5, 5.41) is 5.98. The van der Waals surface area contributed by atoms with Gasteiger partial charge in [-0.2, -0.15) is 9.97 Å². The molecule has 0 unspecified atom stereocenters. The van der Waals surface area contributed by atoms with Crippen molar-refractivity contribution in [3.63, 3.8) is 0 Å². The number of unbranched alkanes of at least 4 members (excludes halogenated alkanes) is 2. The zero-order valence-electron chi connectivity index (χ0n) is 23.5. The van der Waals surface area contributed by atoms with Crippen molar-refractivity contribution in [1.82, 2.24) is 24.5 Å². The molecule has 0 radical (unpaired) electrons. The van der Waals surface area contributed by atoms with Crippen LogP contribution in [-0.4, -0.2) is 62.9 Å². The summed E-state index contributed by atoms with van der Waals surface area (Å²) in [6, 6.07) is 1.21. The van der Waals surface area contributed by atoms with Gasteiger partial charge in [0.15, 0.2) is 17.0 Å². The summed E-state index contributed by atoms with van der Waals surface area (Å²) in [6.45, 7) is 6.12. The highest BCUT2D eigenvalue weighted by molar-refractivity contribution is 5.84. The Hall–Kier alpha value is -1.97. The van der Waals surface area contributed by atoms with E-state index in [9.17, 15) is 0 Å². The van der Waals surface area contributed by atoms with Crippen molar-refractivity contribution >= 4 is 22.9 Å². The molecule has 0 bridgehead atoms. The van der Waals surface area contributed by atoms with Crippen LogP contribution in [0.1, 0.15) is 109 Å². The molecule has 5 rings (SSSR count). The van der Waals surface area contributed by atoms with Gasteiger partial charge in [-0.15, -0.1) is 0 Å². The van der Waals surface area contributed by atoms with E-state index in [1.54, 1.807) is 0 Å². The molecule has 212 valence electrons. The largest absolute Gasteiger partial charge is 0.381 e. The summed E-state index contributed by atoms with van der Waals surface area (Å²) in [4.78, 5) is 14.8. The molecule has 2 aliphatic carbocycles. The highest BCUT2D eigenvalue weighted by atomic mass is 16.5. The molecule has 9 heteroatoms. The summed E-state index contributed by atoms with van der Waals surface area (Å²) in [7, 11) is 0. The molecule has 4 N–H and O–H groups in total. The lowest BCUT2D eigenvalue weighted by molar-refractivity contribution is 0.124. The summed E-state index contributed by atoms with van der Waals surface area (Å²) < 4.78 is 8.03. The van der Waals surface area contributed by atoms with E-state index in [0.717, 1.165) is 80.8 Å². The zero-order valence-corrected chi connectivity index (χ0v) is 23.5. The average Bonchev–Trinajstić information content (AvgIpc) is 3.61. The number of hydrazine groups is 1. The van der Waals surface area contributed by atoms with Crippen molar-refractivity contribution in [1.29, 1.82) is 0 Å². The number of hydrogen-bond donors (Lipinski definition) is 3. The molecule has 0 amide bonds. The topological polar surface area (TPSA) is 106 Å². The fraction of sp³-hybridized carbons (Fsp3) is 0.828. The predicted molar refractivity (Wildman–Crippen MR) is 154 cm³/mol. The number of imidazole rings is 1. The Morgan fingerprint density at radius 1 is 0.947 bits per heavy atom. The quantitative estimate of drug-likeness (QED) is 0.288. The lowest BCUT2D eigenvalue weighted by Crippen LogP contribution is -2.38. The van der Waals surface area contributed by atoms with Crippen LogP contribution in [0.25, 0.3) is 11.2 Å². The Balaban J connectivity index is 1.19. The van der Waals surface area contributed by atoms with Crippen molar-refractivity contribution in [2.75, 3.05) is 37.0 Å². The van der Waals surface area contributed by atoms with Crippen molar-refractivity contribution in [3.05, 3.63) is 6.33 Å². The molecule has 0 aromatic carbocycles. The maximum Gasteiger partial charge on any atom is 0.227 e. The minimum Gasteiger partial charge on any atom is -0.381 e. The highest BCUT2D eigenvalue weighted by Crippen LogP contribution is 2.34. The van der Waals surface area contributed by atoms with Crippen LogP contribution in [0.3, 0.4) is 0 Å². The summed E-state index contributed by atoms with van der Waals surface area (Å²) in [6.07, 6.45) is 19.9. The first kappa shape index (κ1) is 27.6. The van der Waals surface area contributed by atoms with E-state index in [1.165, 1.54) is 70.6 Å². The molecule has 0 spiro atoms. The molecule has 3 aliphatic rings. The van der Waals surface area contributed by atoms with Crippen LogP contribution in [0.15, 0.2) is 6.33 Å². The molecule has 1 saturated heterocycles. The van der Waals surface area contributed by atoms with Gasteiger partial charge in [0.1, 0.15) is 0 Å². The van der Waals surface area contributed by atoms with Crippen LogP contribution in [0.5, 0.6) is 0 Å². The molecule has 1 aliphatic heterocycles. The zero-order chi connectivity index (χ0) is 26.2. The van der Waals surface area contributed by atoms with Crippen molar-refractivity contribution in [2.45, 2.75) is 121 Å². The van der Waals surface area contributed by atoms with Crippen LogP contribution < -0.4 is 16.5 Å². The van der Waals surface area contributed by atoms with Gasteiger partial charge in [-0.05, 0) is 70.1 Å². The van der Waals surface area contributed by atoms with Crippen molar-refractivity contribution in [2.24, 2.45) is 11.7 Å².